The van der Waals surface area contributed by atoms with Gasteiger partial charge in [-0.1, -0.05) is 0 Å². The van der Waals surface area contributed by atoms with Crippen molar-refractivity contribution in [3.8, 4) is 0 Å². The summed E-state index contributed by atoms with van der Waals surface area (Å²) >= 11 is 3.31. The minimum Gasteiger partial charge on any atom is -0.371 e. The fourth-order valence-electron chi connectivity index (χ4n) is 1.89. The Bertz CT molecular complexity index is 345. The molecular weight excluding hydrogens is 245 g/mol. The fourth-order valence-corrected chi connectivity index (χ4v) is 2.37. The van der Waals surface area contributed by atoms with Gasteiger partial charge in [-0.15, -0.1) is 0 Å². The van der Waals surface area contributed by atoms with Crippen molar-refractivity contribution in [3.05, 3.63) is 28.0 Å². The summed E-state index contributed by atoms with van der Waals surface area (Å²) in [6.07, 6.45) is 2.42. The van der Waals surface area contributed by atoms with Gasteiger partial charge in [-0.3, -0.25) is 0 Å². The molecule has 1 aromatic carbocycles. The van der Waals surface area contributed by atoms with Crippen LogP contribution in [0.3, 0.4) is 0 Å². The highest BCUT2D eigenvalue weighted by molar-refractivity contribution is 9.10. The summed E-state index contributed by atoms with van der Waals surface area (Å²) in [5.41, 5.74) is 1.98. The molecule has 0 radical (unpaired) electrons. The minimum atomic E-state index is -0.160. The van der Waals surface area contributed by atoms with Crippen molar-refractivity contribution in [1.82, 2.24) is 0 Å². The fraction of sp³-hybridized carbons (Fsp3) is 0.455. The average molecular weight is 258 g/mol. The molecule has 3 heteroatoms. The molecule has 0 aliphatic carbocycles. The number of benzene rings is 1. The third-order valence-corrected chi connectivity index (χ3v) is 3.39. The van der Waals surface area contributed by atoms with Gasteiger partial charge in [0.05, 0.1) is 10.2 Å². The lowest BCUT2D eigenvalue weighted by Gasteiger charge is -2.20. The molecule has 1 aliphatic rings. The second kappa shape index (κ2) is 3.89. The van der Waals surface area contributed by atoms with Gasteiger partial charge in [-0.25, -0.2) is 4.39 Å². The van der Waals surface area contributed by atoms with Crippen molar-refractivity contribution in [2.24, 2.45) is 0 Å². The molecule has 0 amide bonds. The molecule has 0 spiro atoms. The van der Waals surface area contributed by atoms with Crippen LogP contribution in [0.2, 0.25) is 0 Å². The molecule has 2 rings (SSSR count). The first kappa shape index (κ1) is 9.97. The Balaban J connectivity index is 2.40. The number of hydrogen-bond donors (Lipinski definition) is 0. The van der Waals surface area contributed by atoms with Crippen LogP contribution >= 0.6 is 15.9 Å². The molecule has 0 atom stereocenters. The Morgan fingerprint density at radius 2 is 1.93 bits per heavy atom. The first-order valence-electron chi connectivity index (χ1n) is 4.89. The molecule has 1 saturated heterocycles. The number of rotatable bonds is 1. The van der Waals surface area contributed by atoms with Crippen LogP contribution in [0.25, 0.3) is 0 Å². The van der Waals surface area contributed by atoms with Crippen molar-refractivity contribution in [3.63, 3.8) is 0 Å². The number of hydrogen-bond acceptors (Lipinski definition) is 1. The second-order valence-electron chi connectivity index (χ2n) is 3.77. The average Bonchev–Trinajstić information content (AvgIpc) is 2.63. The molecule has 0 N–H and O–H groups in total. The quantitative estimate of drug-likeness (QED) is 0.745. The van der Waals surface area contributed by atoms with E-state index in [1.165, 1.54) is 12.8 Å². The summed E-state index contributed by atoms with van der Waals surface area (Å²) < 4.78 is 14.0. The number of aryl methyl sites for hydroxylation is 1. The van der Waals surface area contributed by atoms with E-state index in [1.54, 1.807) is 6.07 Å². The Morgan fingerprint density at radius 3 is 2.57 bits per heavy atom. The topological polar surface area (TPSA) is 3.24 Å². The Hall–Kier alpha value is -0.570. The van der Waals surface area contributed by atoms with E-state index >= 15 is 0 Å². The van der Waals surface area contributed by atoms with Crippen molar-refractivity contribution < 1.29 is 4.39 Å². The molecule has 0 aromatic heterocycles. The van der Waals surface area contributed by atoms with Crippen LogP contribution in [0.4, 0.5) is 10.1 Å². The normalized spacial score (nSPS) is 16.4. The van der Waals surface area contributed by atoms with Gasteiger partial charge in [-0.05, 0) is 53.4 Å². The lowest BCUT2D eigenvalue weighted by Crippen LogP contribution is -2.18. The Labute approximate surface area is 92.0 Å². The molecule has 1 heterocycles. The maximum Gasteiger partial charge on any atom is 0.139 e. The van der Waals surface area contributed by atoms with Gasteiger partial charge in [0, 0.05) is 13.1 Å². The van der Waals surface area contributed by atoms with Gasteiger partial charge in [0.1, 0.15) is 5.82 Å². The molecule has 14 heavy (non-hydrogen) atoms. The highest BCUT2D eigenvalue weighted by Gasteiger charge is 2.17. The van der Waals surface area contributed by atoms with Gasteiger partial charge in [0.25, 0.3) is 0 Å². The largest absolute Gasteiger partial charge is 0.371 e. The van der Waals surface area contributed by atoms with E-state index in [1.807, 2.05) is 13.0 Å². The molecule has 1 fully saturated rings. The SMILES string of the molecule is Cc1cc(F)c(Br)c(N2CCCC2)c1. The summed E-state index contributed by atoms with van der Waals surface area (Å²) in [4.78, 5) is 2.24. The maximum absolute atomic E-state index is 13.4. The van der Waals surface area contributed by atoms with E-state index in [-0.39, 0.29) is 5.82 Å². The molecule has 1 nitrogen and oxygen atoms in total. The van der Waals surface area contributed by atoms with Crippen LogP contribution in [0, 0.1) is 12.7 Å². The molecular formula is C11H13BrFN. The van der Waals surface area contributed by atoms with Gasteiger partial charge in [-0.2, -0.15) is 0 Å². The van der Waals surface area contributed by atoms with Crippen molar-refractivity contribution in [2.45, 2.75) is 19.8 Å². The first-order chi connectivity index (χ1) is 6.68. The van der Waals surface area contributed by atoms with Gasteiger partial charge >= 0.3 is 0 Å². The van der Waals surface area contributed by atoms with Gasteiger partial charge in [0.2, 0.25) is 0 Å². The first-order valence-corrected chi connectivity index (χ1v) is 5.68. The third-order valence-electron chi connectivity index (χ3n) is 2.60. The maximum atomic E-state index is 13.4. The third kappa shape index (κ3) is 1.78. The van der Waals surface area contributed by atoms with Crippen molar-refractivity contribution in [1.29, 1.82) is 0 Å². The second-order valence-corrected chi connectivity index (χ2v) is 4.57. The van der Waals surface area contributed by atoms with Gasteiger partial charge in [0.15, 0.2) is 0 Å². The van der Waals surface area contributed by atoms with E-state index < -0.39 is 0 Å². The van der Waals surface area contributed by atoms with Crippen LogP contribution in [0.15, 0.2) is 16.6 Å². The highest BCUT2D eigenvalue weighted by atomic mass is 79.9. The smallest absolute Gasteiger partial charge is 0.139 e. The zero-order valence-electron chi connectivity index (χ0n) is 8.19. The van der Waals surface area contributed by atoms with Crippen LogP contribution in [-0.2, 0) is 0 Å². The van der Waals surface area contributed by atoms with Crippen LogP contribution < -0.4 is 4.90 Å². The molecule has 76 valence electrons. The molecule has 0 saturated carbocycles. The van der Waals surface area contributed by atoms with Crippen LogP contribution in [-0.4, -0.2) is 13.1 Å². The number of nitrogens with zero attached hydrogens (tertiary/aromatic N) is 1. The number of halogens is 2. The van der Waals surface area contributed by atoms with Crippen molar-refractivity contribution in [2.75, 3.05) is 18.0 Å². The monoisotopic (exact) mass is 257 g/mol. The van der Waals surface area contributed by atoms with Crippen LogP contribution in [0.5, 0.6) is 0 Å². The molecule has 0 unspecified atom stereocenters. The molecule has 1 aromatic rings. The Kier molecular flexibility index (Phi) is 2.77. The van der Waals surface area contributed by atoms with Gasteiger partial charge < -0.3 is 4.90 Å². The number of anilines is 1. The zero-order valence-corrected chi connectivity index (χ0v) is 9.77. The standard InChI is InChI=1S/C11H13BrFN/c1-8-6-9(13)11(12)10(7-8)14-4-2-3-5-14/h6-7H,2-5H2,1H3. The lowest BCUT2D eigenvalue weighted by molar-refractivity contribution is 0.619. The molecule has 1 aliphatic heterocycles. The predicted molar refractivity (Wildman–Crippen MR) is 60.3 cm³/mol. The van der Waals surface area contributed by atoms with E-state index in [9.17, 15) is 4.39 Å². The highest BCUT2D eigenvalue weighted by Crippen LogP contribution is 2.32. The van der Waals surface area contributed by atoms with E-state index in [0.29, 0.717) is 4.47 Å². The van der Waals surface area contributed by atoms with Crippen molar-refractivity contribution >= 4 is 21.6 Å². The summed E-state index contributed by atoms with van der Waals surface area (Å²) in [6, 6.07) is 3.60. The summed E-state index contributed by atoms with van der Waals surface area (Å²) in [6.45, 7) is 4.01. The van der Waals surface area contributed by atoms with E-state index in [0.717, 1.165) is 24.3 Å². The van der Waals surface area contributed by atoms with E-state index in [4.69, 9.17) is 0 Å². The summed E-state index contributed by atoms with van der Waals surface area (Å²) in [5.74, 6) is -0.160. The summed E-state index contributed by atoms with van der Waals surface area (Å²) in [7, 11) is 0. The zero-order chi connectivity index (χ0) is 10.1. The minimum absolute atomic E-state index is 0.160. The predicted octanol–water partition coefficient (Wildman–Crippen LogP) is 3.50. The molecule has 0 bridgehead atoms. The summed E-state index contributed by atoms with van der Waals surface area (Å²) in [5, 5.41) is 0. The van der Waals surface area contributed by atoms with Crippen LogP contribution in [0.1, 0.15) is 18.4 Å². The Morgan fingerprint density at radius 1 is 1.29 bits per heavy atom. The van der Waals surface area contributed by atoms with E-state index in [2.05, 4.69) is 20.8 Å². The lowest BCUT2D eigenvalue weighted by atomic mass is 10.2.